The maximum Gasteiger partial charge on any atom is 0.249 e. The largest absolute Gasteiger partial charge is 0.340 e. The van der Waals surface area contributed by atoms with Crippen LogP contribution in [0.1, 0.15) is 47.0 Å². The molecule has 4 nitrogen and oxygen atoms in total. The Balaban J connectivity index is 3.11. The van der Waals surface area contributed by atoms with Crippen molar-refractivity contribution in [2.45, 2.75) is 64.6 Å². The van der Waals surface area contributed by atoms with E-state index in [-0.39, 0.29) is 17.9 Å². The summed E-state index contributed by atoms with van der Waals surface area (Å²) >= 11 is 0. The van der Waals surface area contributed by atoms with E-state index in [4.69, 9.17) is 6.42 Å². The Labute approximate surface area is 109 Å². The molecular weight excluding hydrogens is 228 g/mol. The first-order valence-electron chi connectivity index (χ1n) is 6.51. The average molecular weight is 250 g/mol. The smallest absolute Gasteiger partial charge is 0.249 e. The molecule has 18 heavy (non-hydrogen) atoms. The van der Waals surface area contributed by atoms with Crippen LogP contribution in [-0.2, 0) is 9.59 Å². The predicted molar refractivity (Wildman–Crippen MR) is 70.7 cm³/mol. The zero-order valence-electron chi connectivity index (χ0n) is 11.6. The Morgan fingerprint density at radius 1 is 1.44 bits per heavy atom. The van der Waals surface area contributed by atoms with Gasteiger partial charge in [0.2, 0.25) is 11.8 Å². The molecule has 0 aromatic rings. The quantitative estimate of drug-likeness (QED) is 0.765. The molecule has 1 aliphatic heterocycles. The lowest BCUT2D eigenvalue weighted by Crippen LogP contribution is -2.70. The second-order valence-electron chi connectivity index (χ2n) is 4.92. The molecule has 1 rings (SSSR count). The fourth-order valence-electron chi connectivity index (χ4n) is 2.52. The summed E-state index contributed by atoms with van der Waals surface area (Å²) in [6.07, 6.45) is 6.97. The second-order valence-corrected chi connectivity index (χ2v) is 4.92. The monoisotopic (exact) mass is 250 g/mol. The summed E-state index contributed by atoms with van der Waals surface area (Å²) in [5.74, 6) is 2.45. The minimum absolute atomic E-state index is 0.0117. The van der Waals surface area contributed by atoms with E-state index in [0.717, 1.165) is 0 Å². The van der Waals surface area contributed by atoms with Crippen molar-refractivity contribution in [3.63, 3.8) is 0 Å². The highest BCUT2D eigenvalue weighted by Gasteiger charge is 2.48. The molecule has 0 radical (unpaired) electrons. The predicted octanol–water partition coefficient (Wildman–Crippen LogP) is 1.30. The van der Waals surface area contributed by atoms with Crippen molar-refractivity contribution in [1.29, 1.82) is 0 Å². The zero-order valence-corrected chi connectivity index (χ0v) is 11.6. The Kier molecular flexibility index (Phi) is 4.39. The van der Waals surface area contributed by atoms with Gasteiger partial charge in [0.1, 0.15) is 11.6 Å². The van der Waals surface area contributed by atoms with Gasteiger partial charge in [0.15, 0.2) is 0 Å². The Morgan fingerprint density at radius 2 is 2.00 bits per heavy atom. The minimum atomic E-state index is -0.757. The standard InChI is InChI=1S/C14H22N2O2/c1-6-9-10(4)16-11(5)12(17)15-14(7-2,8-3)13(16)18/h1,10-11H,7-9H2,2-5H3,(H,15,17). The van der Waals surface area contributed by atoms with Gasteiger partial charge in [-0.2, -0.15) is 0 Å². The van der Waals surface area contributed by atoms with E-state index in [1.54, 1.807) is 11.8 Å². The van der Waals surface area contributed by atoms with E-state index in [1.807, 2.05) is 20.8 Å². The van der Waals surface area contributed by atoms with Gasteiger partial charge in [-0.05, 0) is 26.7 Å². The summed E-state index contributed by atoms with van der Waals surface area (Å²) in [5.41, 5.74) is -0.757. The summed E-state index contributed by atoms with van der Waals surface area (Å²) in [6, 6.07) is -0.562. The molecule has 4 heteroatoms. The van der Waals surface area contributed by atoms with Gasteiger partial charge in [-0.3, -0.25) is 9.59 Å². The lowest BCUT2D eigenvalue weighted by atomic mass is 9.86. The number of amides is 2. The number of nitrogens with zero attached hydrogens (tertiary/aromatic N) is 1. The van der Waals surface area contributed by atoms with Crippen molar-refractivity contribution in [2.24, 2.45) is 0 Å². The molecule has 2 unspecified atom stereocenters. The first-order valence-corrected chi connectivity index (χ1v) is 6.51. The number of nitrogens with one attached hydrogen (secondary N) is 1. The number of rotatable bonds is 4. The van der Waals surface area contributed by atoms with Crippen molar-refractivity contribution in [3.05, 3.63) is 0 Å². The van der Waals surface area contributed by atoms with Gasteiger partial charge in [0.05, 0.1) is 0 Å². The molecule has 0 saturated carbocycles. The SMILES string of the molecule is C#CCC(C)N1C(=O)C(CC)(CC)NC(=O)C1C. The van der Waals surface area contributed by atoms with Crippen LogP contribution >= 0.6 is 0 Å². The van der Waals surface area contributed by atoms with Gasteiger partial charge < -0.3 is 10.2 Å². The maximum atomic E-state index is 12.6. The van der Waals surface area contributed by atoms with Crippen LogP contribution < -0.4 is 5.32 Å². The van der Waals surface area contributed by atoms with Crippen molar-refractivity contribution in [3.8, 4) is 12.3 Å². The second kappa shape index (κ2) is 5.43. The molecule has 100 valence electrons. The normalized spacial score (nSPS) is 24.4. The van der Waals surface area contributed by atoms with E-state index in [0.29, 0.717) is 19.3 Å². The molecule has 1 aliphatic rings. The van der Waals surface area contributed by atoms with E-state index < -0.39 is 11.6 Å². The fraction of sp³-hybridized carbons (Fsp3) is 0.714. The first kappa shape index (κ1) is 14.6. The Morgan fingerprint density at radius 3 is 2.44 bits per heavy atom. The molecule has 0 aromatic heterocycles. The minimum Gasteiger partial charge on any atom is -0.340 e. The fourth-order valence-corrected chi connectivity index (χ4v) is 2.52. The number of carbonyl (C=O) groups is 2. The summed E-state index contributed by atoms with van der Waals surface area (Å²) in [5, 5.41) is 2.87. The average Bonchev–Trinajstić information content (AvgIpc) is 2.35. The molecule has 2 atom stereocenters. The number of carbonyl (C=O) groups excluding carboxylic acids is 2. The molecule has 1 fully saturated rings. The number of hydrogen-bond acceptors (Lipinski definition) is 2. The van der Waals surface area contributed by atoms with Gasteiger partial charge >= 0.3 is 0 Å². The molecule has 1 N–H and O–H groups in total. The molecule has 1 saturated heterocycles. The summed E-state index contributed by atoms with van der Waals surface area (Å²) in [6.45, 7) is 7.47. The summed E-state index contributed by atoms with van der Waals surface area (Å²) < 4.78 is 0. The van der Waals surface area contributed by atoms with Crippen LogP contribution in [0.2, 0.25) is 0 Å². The summed E-state index contributed by atoms with van der Waals surface area (Å²) in [7, 11) is 0. The summed E-state index contributed by atoms with van der Waals surface area (Å²) in [4.78, 5) is 26.3. The number of piperazine rings is 1. The highest BCUT2D eigenvalue weighted by Crippen LogP contribution is 2.27. The zero-order chi connectivity index (χ0) is 13.9. The van der Waals surface area contributed by atoms with Crippen LogP contribution in [0.5, 0.6) is 0 Å². The van der Waals surface area contributed by atoms with Crippen LogP contribution in [0.4, 0.5) is 0 Å². The third-order valence-corrected chi connectivity index (χ3v) is 3.90. The van der Waals surface area contributed by atoms with E-state index in [9.17, 15) is 9.59 Å². The van der Waals surface area contributed by atoms with Crippen molar-refractivity contribution < 1.29 is 9.59 Å². The van der Waals surface area contributed by atoms with Gasteiger partial charge in [-0.15, -0.1) is 12.3 Å². The van der Waals surface area contributed by atoms with Crippen molar-refractivity contribution in [1.82, 2.24) is 10.2 Å². The van der Waals surface area contributed by atoms with Crippen LogP contribution in [0.15, 0.2) is 0 Å². The molecule has 2 amide bonds. The maximum absolute atomic E-state index is 12.6. The lowest BCUT2D eigenvalue weighted by molar-refractivity contribution is -0.157. The van der Waals surface area contributed by atoms with Crippen LogP contribution in [0.3, 0.4) is 0 Å². The first-order chi connectivity index (χ1) is 8.43. The van der Waals surface area contributed by atoms with Gasteiger partial charge in [-0.1, -0.05) is 13.8 Å². The molecule has 0 aromatic carbocycles. The highest BCUT2D eigenvalue weighted by molar-refractivity contribution is 5.99. The number of terminal acetylenes is 1. The third-order valence-electron chi connectivity index (χ3n) is 3.90. The lowest BCUT2D eigenvalue weighted by Gasteiger charge is -2.46. The van der Waals surface area contributed by atoms with E-state index in [1.165, 1.54) is 0 Å². The van der Waals surface area contributed by atoms with Crippen molar-refractivity contribution in [2.75, 3.05) is 0 Å². The molecular formula is C14H22N2O2. The molecule has 0 bridgehead atoms. The molecule has 0 spiro atoms. The highest BCUT2D eigenvalue weighted by atomic mass is 16.2. The third kappa shape index (κ3) is 2.22. The molecule has 1 heterocycles. The Bertz CT molecular complexity index is 380. The molecule has 0 aliphatic carbocycles. The van der Waals surface area contributed by atoms with Crippen LogP contribution in [0.25, 0.3) is 0 Å². The number of hydrogen-bond donors (Lipinski definition) is 1. The van der Waals surface area contributed by atoms with Gasteiger partial charge in [-0.25, -0.2) is 0 Å². The Hall–Kier alpha value is -1.50. The van der Waals surface area contributed by atoms with Crippen molar-refractivity contribution >= 4 is 11.8 Å². The van der Waals surface area contributed by atoms with Crippen LogP contribution in [0, 0.1) is 12.3 Å². The topological polar surface area (TPSA) is 49.4 Å². The van der Waals surface area contributed by atoms with E-state index >= 15 is 0 Å². The van der Waals surface area contributed by atoms with Crippen LogP contribution in [-0.4, -0.2) is 34.3 Å². The van der Waals surface area contributed by atoms with Gasteiger partial charge in [0, 0.05) is 12.5 Å². The van der Waals surface area contributed by atoms with E-state index in [2.05, 4.69) is 11.2 Å². The van der Waals surface area contributed by atoms with Gasteiger partial charge in [0.25, 0.3) is 0 Å².